The fourth-order valence-electron chi connectivity index (χ4n) is 6.18. The second-order valence-corrected chi connectivity index (χ2v) is 12.4. The van der Waals surface area contributed by atoms with Crippen LogP contribution in [0.2, 0.25) is 0 Å². The van der Waals surface area contributed by atoms with Crippen molar-refractivity contribution in [2.75, 3.05) is 38.7 Å². The number of para-hydroxylation sites is 2. The summed E-state index contributed by atoms with van der Waals surface area (Å²) >= 11 is 1.27. The Balaban J connectivity index is 1.33. The summed E-state index contributed by atoms with van der Waals surface area (Å²) < 4.78 is 14.9. The minimum absolute atomic E-state index is 0.0232. The molecule has 0 saturated carbocycles. The predicted molar refractivity (Wildman–Crippen MR) is 181 cm³/mol. The molecule has 238 valence electrons. The maximum absolute atomic E-state index is 14.3. The Morgan fingerprint density at radius 2 is 1.81 bits per heavy atom. The number of aromatic nitrogens is 2. The molecular weight excluding hydrogens is 614 g/mol. The molecule has 2 aliphatic rings. The number of amides is 2. The highest BCUT2D eigenvalue weighted by Gasteiger charge is 2.33. The van der Waals surface area contributed by atoms with Gasteiger partial charge in [-0.2, -0.15) is 0 Å². The van der Waals surface area contributed by atoms with E-state index in [4.69, 9.17) is 14.5 Å². The lowest BCUT2D eigenvalue weighted by Gasteiger charge is -2.27. The van der Waals surface area contributed by atoms with Gasteiger partial charge in [0.25, 0.3) is 11.5 Å². The first kappa shape index (κ1) is 30.4. The van der Waals surface area contributed by atoms with Gasteiger partial charge in [-0.3, -0.25) is 19.0 Å². The molecule has 47 heavy (non-hydrogen) atoms. The van der Waals surface area contributed by atoms with Gasteiger partial charge in [-0.25, -0.2) is 4.99 Å². The summed E-state index contributed by atoms with van der Waals surface area (Å²) in [5.74, 6) is 0.295. The zero-order valence-electron chi connectivity index (χ0n) is 26.0. The Bertz CT molecular complexity index is 2210. The number of allylic oxidation sites excluding steroid dienone is 1. The van der Waals surface area contributed by atoms with Crippen LogP contribution in [0.25, 0.3) is 17.0 Å². The number of benzene rings is 3. The van der Waals surface area contributed by atoms with E-state index in [1.807, 2.05) is 101 Å². The van der Waals surface area contributed by atoms with Crippen molar-refractivity contribution in [3.8, 4) is 5.75 Å². The highest BCUT2D eigenvalue weighted by atomic mass is 32.1. The first-order chi connectivity index (χ1) is 22.9. The number of ether oxygens (including phenoxy) is 2. The van der Waals surface area contributed by atoms with E-state index in [0.717, 1.165) is 22.0 Å². The van der Waals surface area contributed by atoms with Crippen LogP contribution in [0, 0.1) is 0 Å². The number of anilines is 1. The van der Waals surface area contributed by atoms with Crippen molar-refractivity contribution >= 4 is 45.8 Å². The quantitative estimate of drug-likeness (QED) is 0.290. The topological polar surface area (TPSA) is 107 Å². The van der Waals surface area contributed by atoms with Gasteiger partial charge in [0.2, 0.25) is 5.91 Å². The largest absolute Gasteiger partial charge is 0.497 e. The van der Waals surface area contributed by atoms with Gasteiger partial charge in [0.1, 0.15) is 12.3 Å². The minimum Gasteiger partial charge on any atom is -0.497 e. The monoisotopic (exact) mass is 647 g/mol. The van der Waals surface area contributed by atoms with Gasteiger partial charge >= 0.3 is 0 Å². The van der Waals surface area contributed by atoms with Crippen molar-refractivity contribution in [3.63, 3.8) is 0 Å². The molecule has 10 nitrogen and oxygen atoms in total. The van der Waals surface area contributed by atoms with E-state index >= 15 is 0 Å². The molecule has 1 fully saturated rings. The van der Waals surface area contributed by atoms with Crippen LogP contribution in [0.15, 0.2) is 106 Å². The number of carbonyl (C=O) groups excluding carboxylic acids is 2. The van der Waals surface area contributed by atoms with E-state index < -0.39 is 6.04 Å². The van der Waals surface area contributed by atoms with Crippen molar-refractivity contribution in [1.29, 1.82) is 0 Å². The molecule has 0 bridgehead atoms. The Labute approximate surface area is 274 Å². The van der Waals surface area contributed by atoms with E-state index in [9.17, 15) is 14.4 Å². The van der Waals surface area contributed by atoms with Gasteiger partial charge in [-0.05, 0) is 48.9 Å². The minimum atomic E-state index is -0.736. The van der Waals surface area contributed by atoms with Gasteiger partial charge in [-0.1, -0.05) is 59.9 Å². The Morgan fingerprint density at radius 1 is 1.04 bits per heavy atom. The first-order valence-corrected chi connectivity index (χ1v) is 16.2. The lowest BCUT2D eigenvalue weighted by atomic mass is 9.95. The van der Waals surface area contributed by atoms with Crippen LogP contribution in [0.3, 0.4) is 0 Å². The molecule has 1 N–H and O–H groups in total. The van der Waals surface area contributed by atoms with Crippen LogP contribution in [-0.2, 0) is 20.9 Å². The number of methoxy groups -OCH3 is 1. The predicted octanol–water partition coefficient (Wildman–Crippen LogP) is 3.70. The molecule has 2 aromatic heterocycles. The summed E-state index contributed by atoms with van der Waals surface area (Å²) in [6.45, 7) is 4.20. The highest BCUT2D eigenvalue weighted by Crippen LogP contribution is 2.32. The molecular formula is C36H33N5O5S. The molecule has 0 radical (unpaired) electrons. The van der Waals surface area contributed by atoms with Crippen LogP contribution >= 0.6 is 11.3 Å². The van der Waals surface area contributed by atoms with E-state index in [1.54, 1.807) is 18.6 Å². The third-order valence-electron chi connectivity index (χ3n) is 8.48. The van der Waals surface area contributed by atoms with Gasteiger partial charge in [0.15, 0.2) is 4.80 Å². The SMILES string of the molecule is COc1cccc([C@H]2C(C(=O)Nc3ccccc3)=C(C)N=c3s/c(=C/c4cn(CC(=O)N5CCOCC5)c5ccccc45)c(=O)n32)c1. The van der Waals surface area contributed by atoms with Crippen molar-refractivity contribution < 1.29 is 19.1 Å². The second-order valence-electron chi connectivity index (χ2n) is 11.4. The fraction of sp³-hybridized carbons (Fsp3) is 0.222. The summed E-state index contributed by atoms with van der Waals surface area (Å²) in [6, 6.07) is 23.7. The van der Waals surface area contributed by atoms with Crippen LogP contribution in [0.4, 0.5) is 5.69 Å². The van der Waals surface area contributed by atoms with Gasteiger partial charge in [0.05, 0.1) is 42.2 Å². The summed E-state index contributed by atoms with van der Waals surface area (Å²) in [4.78, 5) is 48.4. The Morgan fingerprint density at radius 3 is 2.60 bits per heavy atom. The van der Waals surface area contributed by atoms with Crippen LogP contribution < -0.4 is 24.9 Å². The molecule has 0 unspecified atom stereocenters. The summed E-state index contributed by atoms with van der Waals surface area (Å²) in [7, 11) is 1.58. The van der Waals surface area contributed by atoms with Crippen molar-refractivity contribution in [2.24, 2.45) is 4.99 Å². The molecule has 1 atom stereocenters. The lowest BCUT2D eigenvalue weighted by Crippen LogP contribution is -2.42. The number of fused-ring (bicyclic) bond motifs is 2. The molecule has 11 heteroatoms. The Kier molecular flexibility index (Phi) is 8.32. The third kappa shape index (κ3) is 5.91. The Hall–Kier alpha value is -5.26. The number of thiazole rings is 1. The zero-order chi connectivity index (χ0) is 32.5. The van der Waals surface area contributed by atoms with Crippen LogP contribution in [0.5, 0.6) is 5.75 Å². The fourth-order valence-corrected chi connectivity index (χ4v) is 7.22. The molecule has 1 saturated heterocycles. The number of nitrogens with zero attached hydrogens (tertiary/aromatic N) is 4. The average molecular weight is 648 g/mol. The lowest BCUT2D eigenvalue weighted by molar-refractivity contribution is -0.135. The van der Waals surface area contributed by atoms with Crippen molar-refractivity contribution in [3.05, 3.63) is 127 Å². The van der Waals surface area contributed by atoms with Gasteiger partial charge in [0, 0.05) is 41.4 Å². The molecule has 2 amide bonds. The van der Waals surface area contributed by atoms with Crippen molar-refractivity contribution in [2.45, 2.75) is 19.5 Å². The second kappa shape index (κ2) is 12.9. The average Bonchev–Trinajstić information content (AvgIpc) is 3.60. The van der Waals surface area contributed by atoms with Crippen LogP contribution in [-0.4, -0.2) is 59.3 Å². The molecule has 2 aliphatic heterocycles. The van der Waals surface area contributed by atoms with Gasteiger partial charge < -0.3 is 24.3 Å². The number of rotatable bonds is 7. The van der Waals surface area contributed by atoms with E-state index in [1.165, 1.54) is 11.3 Å². The summed E-state index contributed by atoms with van der Waals surface area (Å²) in [5, 5.41) is 3.91. The molecule has 0 spiro atoms. The molecule has 4 heterocycles. The van der Waals surface area contributed by atoms with Crippen LogP contribution in [0.1, 0.15) is 24.1 Å². The van der Waals surface area contributed by atoms with E-state index in [2.05, 4.69) is 5.32 Å². The number of hydrogen-bond acceptors (Lipinski definition) is 7. The molecule has 5 aromatic rings. The number of hydrogen-bond donors (Lipinski definition) is 1. The third-order valence-corrected chi connectivity index (χ3v) is 9.47. The maximum Gasteiger partial charge on any atom is 0.271 e. The van der Waals surface area contributed by atoms with E-state index in [0.29, 0.717) is 58.3 Å². The zero-order valence-corrected chi connectivity index (χ0v) is 26.8. The molecule has 7 rings (SSSR count). The van der Waals surface area contributed by atoms with Crippen molar-refractivity contribution in [1.82, 2.24) is 14.0 Å². The van der Waals surface area contributed by atoms with Gasteiger partial charge in [-0.15, -0.1) is 0 Å². The molecule has 0 aliphatic carbocycles. The normalized spacial score (nSPS) is 16.6. The smallest absolute Gasteiger partial charge is 0.271 e. The maximum atomic E-state index is 14.3. The summed E-state index contributed by atoms with van der Waals surface area (Å²) in [6.07, 6.45) is 3.78. The highest BCUT2D eigenvalue weighted by molar-refractivity contribution is 7.07. The number of nitrogens with one attached hydrogen (secondary N) is 1. The number of morpholine rings is 1. The molecule has 3 aromatic carbocycles. The number of carbonyl (C=O) groups is 2. The first-order valence-electron chi connectivity index (χ1n) is 15.4. The van der Waals surface area contributed by atoms with E-state index in [-0.39, 0.29) is 23.9 Å². The standard InChI is InChI=1S/C36H33N5O5S/c1-23-32(34(43)38-26-10-4-3-5-11-26)33(24-9-8-12-27(19-24)45-2)41-35(44)30(47-36(41)37-23)20-25-21-40(29-14-7-6-13-28(25)29)22-31(42)39-15-17-46-18-16-39/h3-14,19-21,33H,15-18,22H2,1-2H3,(H,38,43)/b30-20+/t33-/m0/s1. The summed E-state index contributed by atoms with van der Waals surface area (Å²) in [5.41, 5.74) is 3.72.